The summed E-state index contributed by atoms with van der Waals surface area (Å²) >= 11 is 1.30. The van der Waals surface area contributed by atoms with Crippen LogP contribution >= 0.6 is 11.8 Å². The Morgan fingerprint density at radius 3 is 2.56 bits per heavy atom. The minimum atomic E-state index is -4.74. The average molecular weight is 405 g/mol. The number of alkyl halides is 3. The van der Waals surface area contributed by atoms with Crippen LogP contribution in [-0.2, 0) is 16.1 Å². The molecule has 1 saturated heterocycles. The molecule has 0 bridgehead atoms. The van der Waals surface area contributed by atoms with Crippen LogP contribution in [0.5, 0.6) is 0 Å². The Kier molecular flexibility index (Phi) is 5.88. The molecule has 0 radical (unpaired) electrons. The molecule has 0 aliphatic carbocycles. The fourth-order valence-electron chi connectivity index (χ4n) is 3.04. The lowest BCUT2D eigenvalue weighted by atomic mass is 9.97. The third-order valence-electron chi connectivity index (χ3n) is 4.48. The van der Waals surface area contributed by atoms with E-state index in [0.717, 1.165) is 10.7 Å². The normalized spacial score (nSPS) is 30.0. The average Bonchev–Trinajstić information content (AvgIpc) is 3.03. The van der Waals surface area contributed by atoms with E-state index in [4.69, 9.17) is 9.47 Å². The van der Waals surface area contributed by atoms with E-state index in [2.05, 4.69) is 4.99 Å². The molecule has 1 fully saturated rings. The van der Waals surface area contributed by atoms with Crippen LogP contribution in [0.25, 0.3) is 0 Å². The van der Waals surface area contributed by atoms with Gasteiger partial charge in [-0.2, -0.15) is 13.2 Å². The van der Waals surface area contributed by atoms with Gasteiger partial charge < -0.3 is 14.6 Å². The summed E-state index contributed by atoms with van der Waals surface area (Å²) in [5, 5.41) is 10.5. The number of quaternary nitrogens is 1. The number of rotatable bonds is 4. The van der Waals surface area contributed by atoms with E-state index >= 15 is 0 Å². The number of aliphatic hydroxyl groups is 1. The fraction of sp³-hybridized carbons (Fsp3) is 0.611. The van der Waals surface area contributed by atoms with Gasteiger partial charge in [0.25, 0.3) is 5.17 Å². The van der Waals surface area contributed by atoms with Crippen molar-refractivity contribution in [3.05, 3.63) is 35.9 Å². The maximum atomic E-state index is 13.0. The van der Waals surface area contributed by atoms with Crippen LogP contribution < -0.4 is 0 Å². The first-order valence-electron chi connectivity index (χ1n) is 8.68. The van der Waals surface area contributed by atoms with Gasteiger partial charge in [0, 0.05) is 6.42 Å². The summed E-state index contributed by atoms with van der Waals surface area (Å²) in [6, 6.07) is 9.02. The van der Waals surface area contributed by atoms with Gasteiger partial charge in [0.2, 0.25) is 0 Å². The second-order valence-corrected chi connectivity index (χ2v) is 8.70. The fourth-order valence-corrected chi connectivity index (χ4v) is 4.33. The first-order chi connectivity index (χ1) is 12.6. The van der Waals surface area contributed by atoms with Gasteiger partial charge in [0.1, 0.15) is 11.5 Å². The number of nitrogens with zero attached hydrogens (tertiary/aromatic N) is 2. The molecule has 2 aliphatic rings. The highest BCUT2D eigenvalue weighted by atomic mass is 32.2. The van der Waals surface area contributed by atoms with Crippen molar-refractivity contribution in [1.82, 2.24) is 0 Å². The molecular formula is C18H24F3N2O3S+. The van der Waals surface area contributed by atoms with Crippen molar-refractivity contribution in [2.75, 3.05) is 21.1 Å². The molecule has 0 aromatic heterocycles. The molecule has 1 N–H and O–H groups in total. The van der Waals surface area contributed by atoms with Gasteiger partial charge in [-0.15, -0.1) is 0 Å². The Morgan fingerprint density at radius 2 is 1.96 bits per heavy atom. The number of halogens is 3. The molecule has 5 atom stereocenters. The molecule has 0 amide bonds. The Balaban J connectivity index is 1.78. The van der Waals surface area contributed by atoms with E-state index in [1.807, 2.05) is 51.5 Å². The van der Waals surface area contributed by atoms with Crippen molar-refractivity contribution >= 4 is 16.9 Å². The first-order valence-corrected chi connectivity index (χ1v) is 9.56. The Hall–Kier alpha value is -1.13. The number of ether oxygens (including phenoxy) is 2. The lowest BCUT2D eigenvalue weighted by Crippen LogP contribution is -2.52. The number of aliphatic hydroxyl groups excluding tert-OH is 1. The van der Waals surface area contributed by atoms with Crippen molar-refractivity contribution in [2.24, 2.45) is 4.99 Å². The maximum absolute atomic E-state index is 13.0. The lowest BCUT2D eigenvalue weighted by Gasteiger charge is -2.38. The number of hydrogen-bond acceptors (Lipinski definition) is 5. The number of amidine groups is 1. The Labute approximate surface area is 160 Å². The summed E-state index contributed by atoms with van der Waals surface area (Å²) in [5.74, 6) is 0. The largest absolute Gasteiger partial charge is 0.416 e. The van der Waals surface area contributed by atoms with Crippen molar-refractivity contribution in [1.29, 1.82) is 0 Å². The van der Waals surface area contributed by atoms with Crippen LogP contribution in [-0.4, -0.2) is 71.9 Å². The molecule has 3 rings (SSSR count). The van der Waals surface area contributed by atoms with Crippen molar-refractivity contribution < 1.29 is 32.2 Å². The van der Waals surface area contributed by atoms with Gasteiger partial charge in [-0.1, -0.05) is 30.3 Å². The molecule has 0 spiro atoms. The van der Waals surface area contributed by atoms with E-state index in [0.29, 0.717) is 4.48 Å². The molecule has 0 saturated carbocycles. The van der Waals surface area contributed by atoms with Crippen LogP contribution in [0.3, 0.4) is 0 Å². The molecule has 150 valence electrons. The standard InChI is InChI=1S/C18H24F3N2O3S/c1-23(2,3)17-22-14-12(25-10-11-7-5-4-6-8-11)9-13(26-16(14)27-17)15(24)18(19,20)21/h4-8,12-16,24H,9-10H2,1-3H3/q+1. The third kappa shape index (κ3) is 4.83. The number of aliphatic imine (C=N–C) groups is 1. The molecule has 2 heterocycles. The summed E-state index contributed by atoms with van der Waals surface area (Å²) in [4.78, 5) is 4.67. The van der Waals surface area contributed by atoms with Crippen molar-refractivity contribution in [3.63, 3.8) is 0 Å². The first kappa shape index (κ1) is 20.6. The van der Waals surface area contributed by atoms with E-state index < -0.39 is 36.0 Å². The number of thioether (sulfide) groups is 1. The van der Waals surface area contributed by atoms with Crippen LogP contribution in [0, 0.1) is 0 Å². The minimum absolute atomic E-state index is 0.0663. The maximum Gasteiger partial charge on any atom is 0.416 e. The van der Waals surface area contributed by atoms with Crippen LogP contribution in [0.15, 0.2) is 35.3 Å². The van der Waals surface area contributed by atoms with Crippen LogP contribution in [0.1, 0.15) is 12.0 Å². The third-order valence-corrected chi connectivity index (χ3v) is 5.97. The second-order valence-electron chi connectivity index (χ2n) is 7.63. The zero-order chi connectivity index (χ0) is 19.8. The van der Waals surface area contributed by atoms with Crippen LogP contribution in [0.2, 0.25) is 0 Å². The highest BCUT2D eigenvalue weighted by molar-refractivity contribution is 8.14. The topological polar surface area (TPSA) is 51.0 Å². The van der Waals surface area contributed by atoms with E-state index in [-0.39, 0.29) is 13.0 Å². The van der Waals surface area contributed by atoms with Gasteiger partial charge in [0.05, 0.1) is 40.0 Å². The molecule has 5 nitrogen and oxygen atoms in total. The summed E-state index contributed by atoms with van der Waals surface area (Å²) in [5.41, 5.74) is 0.323. The summed E-state index contributed by atoms with van der Waals surface area (Å²) < 4.78 is 51.0. The van der Waals surface area contributed by atoms with Gasteiger partial charge in [-0.25, -0.2) is 4.99 Å². The van der Waals surface area contributed by atoms with Gasteiger partial charge in [0.15, 0.2) is 6.10 Å². The number of benzene rings is 1. The minimum Gasteiger partial charge on any atom is -0.381 e. The quantitative estimate of drug-likeness (QED) is 0.783. The summed E-state index contributed by atoms with van der Waals surface area (Å²) in [6.45, 7) is 0.267. The van der Waals surface area contributed by atoms with Gasteiger partial charge in [-0.3, -0.25) is 4.48 Å². The highest BCUT2D eigenvalue weighted by Crippen LogP contribution is 2.41. The number of fused-ring (bicyclic) bond motifs is 1. The lowest BCUT2D eigenvalue weighted by molar-refractivity contribution is -0.772. The van der Waals surface area contributed by atoms with E-state index in [1.165, 1.54) is 11.8 Å². The molecular weight excluding hydrogens is 381 g/mol. The van der Waals surface area contributed by atoms with Crippen LogP contribution in [0.4, 0.5) is 13.2 Å². The smallest absolute Gasteiger partial charge is 0.381 e. The molecule has 5 unspecified atom stereocenters. The highest BCUT2D eigenvalue weighted by Gasteiger charge is 2.53. The summed E-state index contributed by atoms with van der Waals surface area (Å²) in [7, 11) is 5.81. The monoisotopic (exact) mass is 405 g/mol. The van der Waals surface area contributed by atoms with Crippen molar-refractivity contribution in [2.45, 2.75) is 49.0 Å². The summed E-state index contributed by atoms with van der Waals surface area (Å²) in [6.07, 6.45) is -9.29. The van der Waals surface area contributed by atoms with Gasteiger partial charge >= 0.3 is 6.18 Å². The predicted octanol–water partition coefficient (Wildman–Crippen LogP) is 2.79. The Bertz CT molecular complexity index is 679. The molecule has 1 aromatic carbocycles. The van der Waals surface area contributed by atoms with E-state index in [9.17, 15) is 18.3 Å². The second kappa shape index (κ2) is 7.71. The molecule has 2 aliphatic heterocycles. The van der Waals surface area contributed by atoms with Gasteiger partial charge in [-0.05, 0) is 17.3 Å². The van der Waals surface area contributed by atoms with E-state index in [1.54, 1.807) is 0 Å². The zero-order valence-corrected chi connectivity index (χ0v) is 16.2. The molecule has 1 aromatic rings. The zero-order valence-electron chi connectivity index (χ0n) is 15.4. The Morgan fingerprint density at radius 1 is 1.30 bits per heavy atom. The SMILES string of the molecule is C[N+](C)(C)C1=NC2C(OCc3ccccc3)CC(C(O)C(F)(F)F)OC2S1. The molecule has 9 heteroatoms. The number of hydrogen-bond donors (Lipinski definition) is 1. The molecule has 27 heavy (non-hydrogen) atoms. The van der Waals surface area contributed by atoms with Crippen molar-refractivity contribution in [3.8, 4) is 0 Å². The predicted molar refractivity (Wildman–Crippen MR) is 97.2 cm³/mol.